The van der Waals surface area contributed by atoms with Crippen LogP contribution in [-0.2, 0) is 4.74 Å². The Morgan fingerprint density at radius 1 is 1.57 bits per heavy atom. The van der Waals surface area contributed by atoms with E-state index in [-0.39, 0.29) is 0 Å². The van der Waals surface area contributed by atoms with Gasteiger partial charge in [0.1, 0.15) is 0 Å². The maximum Gasteiger partial charge on any atom is 0.0561 e. The van der Waals surface area contributed by atoms with Gasteiger partial charge in [0.05, 0.1) is 6.10 Å². The van der Waals surface area contributed by atoms with Gasteiger partial charge in [-0.3, -0.25) is 0 Å². The van der Waals surface area contributed by atoms with Crippen molar-refractivity contribution in [2.75, 3.05) is 18.6 Å². The molecule has 1 aliphatic rings. The summed E-state index contributed by atoms with van der Waals surface area (Å²) in [6, 6.07) is 1.33. The minimum atomic E-state index is 0.439. The van der Waals surface area contributed by atoms with Crippen LogP contribution >= 0.6 is 11.8 Å². The van der Waals surface area contributed by atoms with Crippen molar-refractivity contribution in [3.63, 3.8) is 0 Å². The number of thioether (sulfide) groups is 1. The van der Waals surface area contributed by atoms with Crippen molar-refractivity contribution in [2.24, 2.45) is 0 Å². The molecule has 2 nitrogen and oxygen atoms in total. The average Bonchev–Trinajstić information content (AvgIpc) is 2.15. The highest BCUT2D eigenvalue weighted by atomic mass is 32.2. The van der Waals surface area contributed by atoms with Gasteiger partial charge in [-0.25, -0.2) is 0 Å². The Labute approximate surface area is 92.2 Å². The van der Waals surface area contributed by atoms with Gasteiger partial charge in [-0.05, 0) is 45.1 Å². The molecule has 1 saturated heterocycles. The van der Waals surface area contributed by atoms with E-state index >= 15 is 0 Å². The zero-order chi connectivity index (χ0) is 10.4. The lowest BCUT2D eigenvalue weighted by Crippen LogP contribution is -2.42. The first kappa shape index (κ1) is 12.3. The van der Waals surface area contributed by atoms with Crippen LogP contribution in [0, 0.1) is 0 Å². The predicted octanol–water partition coefficient (Wildman–Crippen LogP) is 2.29. The van der Waals surface area contributed by atoms with E-state index in [0.717, 1.165) is 6.61 Å². The fourth-order valence-corrected chi connectivity index (χ4v) is 2.52. The molecule has 0 aromatic carbocycles. The van der Waals surface area contributed by atoms with E-state index in [1.54, 1.807) is 0 Å². The molecule has 1 aliphatic heterocycles. The highest BCUT2D eigenvalue weighted by Gasteiger charge is 2.20. The van der Waals surface area contributed by atoms with Crippen LogP contribution in [0.1, 0.15) is 33.1 Å². The maximum atomic E-state index is 5.53. The fraction of sp³-hybridized carbons (Fsp3) is 1.00. The molecule has 0 amide bonds. The Bertz CT molecular complexity index is 154. The number of ether oxygens (including phenoxy) is 1. The van der Waals surface area contributed by atoms with Crippen molar-refractivity contribution >= 4 is 11.8 Å². The van der Waals surface area contributed by atoms with E-state index in [0.29, 0.717) is 18.2 Å². The van der Waals surface area contributed by atoms with E-state index in [9.17, 15) is 0 Å². The molecule has 1 rings (SSSR count). The third-order valence-electron chi connectivity index (χ3n) is 2.76. The fourth-order valence-electron chi connectivity index (χ4n) is 1.93. The minimum absolute atomic E-state index is 0.439. The number of hydrogen-bond donors (Lipinski definition) is 1. The van der Waals surface area contributed by atoms with E-state index < -0.39 is 0 Å². The third-order valence-corrected chi connectivity index (χ3v) is 3.40. The van der Waals surface area contributed by atoms with Crippen molar-refractivity contribution in [1.29, 1.82) is 0 Å². The summed E-state index contributed by atoms with van der Waals surface area (Å²) in [5.74, 6) is 1.26. The Morgan fingerprint density at radius 3 is 3.00 bits per heavy atom. The molecule has 3 heteroatoms. The molecule has 0 radical (unpaired) electrons. The van der Waals surface area contributed by atoms with Gasteiger partial charge < -0.3 is 10.1 Å². The van der Waals surface area contributed by atoms with Crippen molar-refractivity contribution < 1.29 is 4.74 Å². The highest BCUT2D eigenvalue weighted by molar-refractivity contribution is 7.98. The van der Waals surface area contributed by atoms with Gasteiger partial charge in [0.15, 0.2) is 0 Å². The summed E-state index contributed by atoms with van der Waals surface area (Å²) in [6.45, 7) is 5.38. The van der Waals surface area contributed by atoms with E-state index in [4.69, 9.17) is 4.74 Å². The molecule has 84 valence electrons. The molecule has 0 aliphatic carbocycles. The highest BCUT2D eigenvalue weighted by Crippen LogP contribution is 2.14. The van der Waals surface area contributed by atoms with Crippen LogP contribution in [0.25, 0.3) is 0 Å². The lowest BCUT2D eigenvalue weighted by atomic mass is 10.0. The number of nitrogens with one attached hydrogen (secondary N) is 1. The van der Waals surface area contributed by atoms with Gasteiger partial charge >= 0.3 is 0 Å². The quantitative estimate of drug-likeness (QED) is 0.763. The summed E-state index contributed by atoms with van der Waals surface area (Å²) in [5, 5.41) is 3.69. The van der Waals surface area contributed by atoms with E-state index in [1.165, 1.54) is 25.0 Å². The molecule has 0 aromatic rings. The molecule has 1 heterocycles. The summed E-state index contributed by atoms with van der Waals surface area (Å²) < 4.78 is 5.53. The van der Waals surface area contributed by atoms with Gasteiger partial charge in [0, 0.05) is 18.7 Å². The molecule has 14 heavy (non-hydrogen) atoms. The van der Waals surface area contributed by atoms with Crippen molar-refractivity contribution in [3.05, 3.63) is 0 Å². The first-order valence-electron chi connectivity index (χ1n) is 5.59. The van der Waals surface area contributed by atoms with Gasteiger partial charge in [0.2, 0.25) is 0 Å². The molecule has 0 bridgehead atoms. The number of hydrogen-bond acceptors (Lipinski definition) is 3. The van der Waals surface area contributed by atoms with Crippen LogP contribution in [0.3, 0.4) is 0 Å². The first-order chi connectivity index (χ1) is 6.72. The van der Waals surface area contributed by atoms with Crippen LogP contribution in [0.15, 0.2) is 0 Å². The van der Waals surface area contributed by atoms with Crippen molar-refractivity contribution in [3.8, 4) is 0 Å². The zero-order valence-corrected chi connectivity index (χ0v) is 10.4. The summed E-state index contributed by atoms with van der Waals surface area (Å²) >= 11 is 1.93. The third kappa shape index (κ3) is 4.67. The molecule has 3 unspecified atom stereocenters. The topological polar surface area (TPSA) is 21.3 Å². The second kappa shape index (κ2) is 6.70. The predicted molar refractivity (Wildman–Crippen MR) is 64.0 cm³/mol. The van der Waals surface area contributed by atoms with Crippen molar-refractivity contribution in [1.82, 2.24) is 5.32 Å². The molecule has 3 atom stereocenters. The van der Waals surface area contributed by atoms with Crippen molar-refractivity contribution in [2.45, 2.75) is 51.3 Å². The monoisotopic (exact) mass is 217 g/mol. The second-order valence-electron chi connectivity index (χ2n) is 4.25. The number of rotatable bonds is 5. The first-order valence-corrected chi connectivity index (χ1v) is 6.98. The Balaban J connectivity index is 2.15. The van der Waals surface area contributed by atoms with Gasteiger partial charge in [0.25, 0.3) is 0 Å². The van der Waals surface area contributed by atoms with Crippen LogP contribution in [-0.4, -0.2) is 36.8 Å². The average molecular weight is 217 g/mol. The Kier molecular flexibility index (Phi) is 5.90. The van der Waals surface area contributed by atoms with E-state index in [1.807, 2.05) is 11.8 Å². The summed E-state index contributed by atoms with van der Waals surface area (Å²) in [7, 11) is 0. The Morgan fingerprint density at radius 2 is 2.36 bits per heavy atom. The molecule has 0 spiro atoms. The summed E-state index contributed by atoms with van der Waals surface area (Å²) in [6.07, 6.45) is 6.22. The Hall–Kier alpha value is 0.270. The molecule has 0 saturated carbocycles. The molecule has 1 fully saturated rings. The van der Waals surface area contributed by atoms with E-state index in [2.05, 4.69) is 25.4 Å². The minimum Gasteiger partial charge on any atom is -0.378 e. The summed E-state index contributed by atoms with van der Waals surface area (Å²) in [4.78, 5) is 0. The van der Waals surface area contributed by atoms with Crippen LogP contribution in [0.5, 0.6) is 0 Å². The zero-order valence-electron chi connectivity index (χ0n) is 9.58. The van der Waals surface area contributed by atoms with Crippen LogP contribution in [0.4, 0.5) is 0 Å². The molecule has 1 N–H and O–H groups in total. The maximum absolute atomic E-state index is 5.53. The summed E-state index contributed by atoms with van der Waals surface area (Å²) in [5.41, 5.74) is 0. The normalized spacial score (nSPS) is 30.2. The standard InChI is InChI=1S/C11H23NOS/c1-9(5-7-14-3)12-11-4-6-13-10(2)8-11/h9-12H,4-8H2,1-3H3. The largest absolute Gasteiger partial charge is 0.378 e. The smallest absolute Gasteiger partial charge is 0.0561 e. The van der Waals surface area contributed by atoms with Gasteiger partial charge in [-0.15, -0.1) is 0 Å². The molecular weight excluding hydrogens is 194 g/mol. The van der Waals surface area contributed by atoms with Gasteiger partial charge in [-0.2, -0.15) is 11.8 Å². The van der Waals surface area contributed by atoms with Crippen LogP contribution in [0.2, 0.25) is 0 Å². The van der Waals surface area contributed by atoms with Gasteiger partial charge in [-0.1, -0.05) is 0 Å². The lowest BCUT2D eigenvalue weighted by Gasteiger charge is -2.30. The SMILES string of the molecule is CSCCC(C)NC1CCOC(C)C1. The lowest BCUT2D eigenvalue weighted by molar-refractivity contribution is 0.0116. The molecule has 0 aromatic heterocycles. The van der Waals surface area contributed by atoms with Crippen LogP contribution < -0.4 is 5.32 Å². The molecular formula is C11H23NOS. The second-order valence-corrected chi connectivity index (χ2v) is 5.24.